The molecular weight excluding hydrogens is 278 g/mol. The van der Waals surface area contributed by atoms with Gasteiger partial charge in [0.05, 0.1) is 11.2 Å². The van der Waals surface area contributed by atoms with Crippen molar-refractivity contribution in [2.75, 3.05) is 20.1 Å². The van der Waals surface area contributed by atoms with Crippen LogP contribution in [0.25, 0.3) is 0 Å². The molecule has 0 aliphatic carbocycles. The van der Waals surface area contributed by atoms with Crippen LogP contribution in [0.1, 0.15) is 27.5 Å². The van der Waals surface area contributed by atoms with Gasteiger partial charge in [-0.05, 0) is 26.8 Å². The van der Waals surface area contributed by atoms with Crippen molar-refractivity contribution in [2.24, 2.45) is 10.9 Å². The summed E-state index contributed by atoms with van der Waals surface area (Å²) in [6, 6.07) is 0. The van der Waals surface area contributed by atoms with E-state index in [2.05, 4.69) is 20.4 Å². The van der Waals surface area contributed by atoms with Crippen LogP contribution in [0, 0.1) is 6.92 Å². The molecule has 1 saturated heterocycles. The molecule has 1 fully saturated rings. The standard InChI is InChI=1S/C12H19N5O2S/c1-8-14-7-9(20-8)10(18)15-12(11(13)16-19)3-5-17(2)6-4-12/h7,19H,3-6H2,1-2H3,(H2,13,16)(H,15,18). The quantitative estimate of drug-likeness (QED) is 0.324. The summed E-state index contributed by atoms with van der Waals surface area (Å²) in [5.41, 5.74) is 5.03. The van der Waals surface area contributed by atoms with Gasteiger partial charge in [-0.2, -0.15) is 0 Å². The summed E-state index contributed by atoms with van der Waals surface area (Å²) in [7, 11) is 2.00. The fourth-order valence-electron chi connectivity index (χ4n) is 2.29. The van der Waals surface area contributed by atoms with Gasteiger partial charge in [0.1, 0.15) is 10.4 Å². The second-order valence-corrected chi connectivity index (χ2v) is 6.30. The van der Waals surface area contributed by atoms with Crippen LogP contribution in [-0.2, 0) is 0 Å². The molecule has 1 aromatic heterocycles. The lowest BCUT2D eigenvalue weighted by atomic mass is 9.86. The molecule has 1 aliphatic heterocycles. The monoisotopic (exact) mass is 297 g/mol. The number of thiazole rings is 1. The van der Waals surface area contributed by atoms with Crippen molar-refractivity contribution < 1.29 is 10.0 Å². The maximum Gasteiger partial charge on any atom is 0.263 e. The van der Waals surface area contributed by atoms with Crippen LogP contribution in [0.3, 0.4) is 0 Å². The van der Waals surface area contributed by atoms with Crippen LogP contribution in [-0.4, -0.2) is 52.5 Å². The van der Waals surface area contributed by atoms with Gasteiger partial charge in [-0.3, -0.25) is 4.79 Å². The number of hydrogen-bond acceptors (Lipinski definition) is 6. The lowest BCUT2D eigenvalue weighted by Crippen LogP contribution is -2.62. The van der Waals surface area contributed by atoms with E-state index in [1.54, 1.807) is 6.20 Å². The van der Waals surface area contributed by atoms with E-state index < -0.39 is 5.54 Å². The Kier molecular flexibility index (Phi) is 4.24. The zero-order valence-corrected chi connectivity index (χ0v) is 12.4. The van der Waals surface area contributed by atoms with Crippen LogP contribution in [0.5, 0.6) is 0 Å². The fourth-order valence-corrected chi connectivity index (χ4v) is 2.96. The molecule has 0 spiro atoms. The van der Waals surface area contributed by atoms with Crippen molar-refractivity contribution >= 4 is 23.1 Å². The Morgan fingerprint density at radius 1 is 1.60 bits per heavy atom. The van der Waals surface area contributed by atoms with Crippen LogP contribution in [0.15, 0.2) is 11.4 Å². The Hall–Kier alpha value is -1.67. The predicted octanol–water partition coefficient (Wildman–Crippen LogP) is 0.392. The number of nitrogens with two attached hydrogens (primary N) is 1. The van der Waals surface area contributed by atoms with Crippen molar-refractivity contribution in [3.63, 3.8) is 0 Å². The highest BCUT2D eigenvalue weighted by Crippen LogP contribution is 2.23. The Morgan fingerprint density at radius 2 is 2.25 bits per heavy atom. The highest BCUT2D eigenvalue weighted by Gasteiger charge is 2.39. The molecule has 2 rings (SSSR count). The molecule has 0 radical (unpaired) electrons. The first-order chi connectivity index (χ1) is 9.47. The van der Waals surface area contributed by atoms with Crippen molar-refractivity contribution in [3.8, 4) is 0 Å². The molecule has 0 saturated carbocycles. The number of carbonyl (C=O) groups excluding carboxylic acids is 1. The summed E-state index contributed by atoms with van der Waals surface area (Å²) >= 11 is 1.33. The van der Waals surface area contributed by atoms with E-state index in [-0.39, 0.29) is 11.7 Å². The first kappa shape index (κ1) is 14.7. The topological polar surface area (TPSA) is 104 Å². The summed E-state index contributed by atoms with van der Waals surface area (Å²) in [5, 5.41) is 15.9. The molecule has 0 bridgehead atoms. The van der Waals surface area contributed by atoms with Crippen molar-refractivity contribution in [1.82, 2.24) is 15.2 Å². The van der Waals surface area contributed by atoms with E-state index in [1.165, 1.54) is 11.3 Å². The number of hydrogen-bond donors (Lipinski definition) is 3. The third-order valence-corrected chi connectivity index (χ3v) is 4.55. The number of rotatable bonds is 3. The Balaban J connectivity index is 2.18. The number of aryl methyl sites for hydroxylation is 1. The fraction of sp³-hybridized carbons (Fsp3) is 0.583. The number of amidine groups is 1. The van der Waals surface area contributed by atoms with E-state index in [1.807, 2.05) is 14.0 Å². The number of aromatic nitrogens is 1. The smallest absolute Gasteiger partial charge is 0.263 e. The van der Waals surface area contributed by atoms with Gasteiger partial charge >= 0.3 is 0 Å². The van der Waals surface area contributed by atoms with Gasteiger partial charge in [0.2, 0.25) is 0 Å². The Morgan fingerprint density at radius 3 is 2.75 bits per heavy atom. The lowest BCUT2D eigenvalue weighted by molar-refractivity contribution is 0.0890. The number of likely N-dealkylation sites (tertiary alicyclic amines) is 1. The first-order valence-corrected chi connectivity index (χ1v) is 7.20. The van der Waals surface area contributed by atoms with Gasteiger partial charge in [-0.25, -0.2) is 4.98 Å². The summed E-state index contributed by atoms with van der Waals surface area (Å²) in [6.07, 6.45) is 2.77. The Labute approximate surface area is 121 Å². The van der Waals surface area contributed by atoms with Gasteiger partial charge in [-0.15, -0.1) is 11.3 Å². The zero-order valence-electron chi connectivity index (χ0n) is 11.6. The van der Waals surface area contributed by atoms with Gasteiger partial charge in [-0.1, -0.05) is 5.16 Å². The van der Waals surface area contributed by atoms with E-state index >= 15 is 0 Å². The number of amides is 1. The molecule has 8 heteroatoms. The maximum absolute atomic E-state index is 12.3. The van der Waals surface area contributed by atoms with Crippen LogP contribution < -0.4 is 11.1 Å². The summed E-state index contributed by atoms with van der Waals surface area (Å²) in [5.74, 6) is -0.174. The molecule has 0 aromatic carbocycles. The predicted molar refractivity (Wildman–Crippen MR) is 77.2 cm³/mol. The molecule has 20 heavy (non-hydrogen) atoms. The van der Waals surface area contributed by atoms with E-state index in [0.29, 0.717) is 17.7 Å². The van der Waals surface area contributed by atoms with Crippen LogP contribution >= 0.6 is 11.3 Å². The molecule has 0 atom stereocenters. The minimum Gasteiger partial charge on any atom is -0.409 e. The number of nitrogens with zero attached hydrogens (tertiary/aromatic N) is 3. The average molecular weight is 297 g/mol. The molecule has 0 unspecified atom stereocenters. The first-order valence-electron chi connectivity index (χ1n) is 6.38. The largest absolute Gasteiger partial charge is 0.409 e. The van der Waals surface area contributed by atoms with Crippen LogP contribution in [0.4, 0.5) is 0 Å². The second kappa shape index (κ2) is 5.76. The summed E-state index contributed by atoms with van der Waals surface area (Å²) in [4.78, 5) is 19.0. The zero-order chi connectivity index (χ0) is 14.8. The van der Waals surface area contributed by atoms with Crippen LogP contribution in [0.2, 0.25) is 0 Å². The second-order valence-electron chi connectivity index (χ2n) is 5.07. The molecule has 7 nitrogen and oxygen atoms in total. The summed E-state index contributed by atoms with van der Waals surface area (Å²) < 4.78 is 0. The molecule has 4 N–H and O–H groups in total. The van der Waals surface area contributed by atoms with Crippen molar-refractivity contribution in [3.05, 3.63) is 16.1 Å². The molecule has 1 amide bonds. The van der Waals surface area contributed by atoms with E-state index in [9.17, 15) is 4.79 Å². The number of carbonyl (C=O) groups is 1. The normalized spacial score (nSPS) is 19.8. The molecular formula is C12H19N5O2S. The average Bonchev–Trinajstić information content (AvgIpc) is 2.87. The minimum absolute atomic E-state index is 0.0557. The molecule has 1 aromatic rings. The van der Waals surface area contributed by atoms with Crippen molar-refractivity contribution in [2.45, 2.75) is 25.3 Å². The van der Waals surface area contributed by atoms with E-state index in [0.717, 1.165) is 18.1 Å². The third kappa shape index (κ3) is 2.91. The highest BCUT2D eigenvalue weighted by atomic mass is 32.1. The van der Waals surface area contributed by atoms with Gasteiger partial charge in [0, 0.05) is 13.1 Å². The molecule has 1 aliphatic rings. The SMILES string of the molecule is Cc1ncc(C(=O)NC2(C(N)=NO)CCN(C)CC2)s1. The van der Waals surface area contributed by atoms with Gasteiger partial charge < -0.3 is 21.2 Å². The maximum atomic E-state index is 12.3. The summed E-state index contributed by atoms with van der Waals surface area (Å²) in [6.45, 7) is 3.40. The van der Waals surface area contributed by atoms with Gasteiger partial charge in [0.15, 0.2) is 5.84 Å². The molecule has 2 heterocycles. The number of piperidine rings is 1. The highest BCUT2D eigenvalue weighted by molar-refractivity contribution is 7.13. The minimum atomic E-state index is -0.782. The third-order valence-electron chi connectivity index (χ3n) is 3.64. The van der Waals surface area contributed by atoms with E-state index in [4.69, 9.17) is 10.9 Å². The number of oxime groups is 1. The Bertz CT molecular complexity index is 520. The number of nitrogens with one attached hydrogen (secondary N) is 1. The lowest BCUT2D eigenvalue weighted by Gasteiger charge is -2.40. The van der Waals surface area contributed by atoms with Gasteiger partial charge in [0.25, 0.3) is 5.91 Å². The molecule has 110 valence electrons. The van der Waals surface area contributed by atoms with Crippen molar-refractivity contribution in [1.29, 1.82) is 0 Å².